The number of imidazole rings is 1. The molecule has 1 aromatic heterocycles. The number of hydrogen-bond acceptors (Lipinski definition) is 4. The van der Waals surface area contributed by atoms with Crippen molar-refractivity contribution < 1.29 is 13.2 Å². The molecule has 0 fully saturated rings. The van der Waals surface area contributed by atoms with E-state index in [4.69, 9.17) is 4.98 Å². The zero-order valence-electron chi connectivity index (χ0n) is 20.4. The highest BCUT2D eigenvalue weighted by molar-refractivity contribution is 7.89. The molecule has 0 radical (unpaired) electrons. The number of amides is 1. The summed E-state index contributed by atoms with van der Waals surface area (Å²) in [5, 5.41) is 0. The van der Waals surface area contributed by atoms with Crippen LogP contribution in [-0.4, -0.2) is 47.8 Å². The molecule has 0 atom stereocenters. The smallest absolute Gasteiger partial charge is 0.278 e. The molecule has 7 nitrogen and oxygen atoms in total. The number of fused-ring (bicyclic) bond motifs is 2. The first-order chi connectivity index (χ1) is 17.0. The van der Waals surface area contributed by atoms with Gasteiger partial charge in [0.2, 0.25) is 10.0 Å². The summed E-state index contributed by atoms with van der Waals surface area (Å²) in [6.07, 6.45) is 4.73. The second kappa shape index (κ2) is 9.59. The van der Waals surface area contributed by atoms with Gasteiger partial charge in [-0.3, -0.25) is 4.79 Å². The Morgan fingerprint density at radius 2 is 1.74 bits per heavy atom. The van der Waals surface area contributed by atoms with E-state index in [-0.39, 0.29) is 10.8 Å². The minimum Gasteiger partial charge on any atom is -0.327 e. The number of anilines is 1. The highest BCUT2D eigenvalue weighted by Crippen LogP contribution is 2.34. The van der Waals surface area contributed by atoms with Gasteiger partial charge in [0.25, 0.3) is 5.91 Å². The van der Waals surface area contributed by atoms with E-state index in [0.29, 0.717) is 31.7 Å². The number of sulfonamides is 1. The van der Waals surface area contributed by atoms with E-state index in [9.17, 15) is 13.2 Å². The molecular weight excluding hydrogens is 460 g/mol. The molecule has 2 aromatic carbocycles. The van der Waals surface area contributed by atoms with E-state index >= 15 is 0 Å². The molecule has 184 valence electrons. The fourth-order valence-corrected chi connectivity index (χ4v) is 6.80. The summed E-state index contributed by atoms with van der Waals surface area (Å²) < 4.78 is 29.7. The monoisotopic (exact) mass is 492 g/mol. The summed E-state index contributed by atoms with van der Waals surface area (Å²) in [5.41, 5.74) is 4.23. The molecule has 5 rings (SSSR count). The van der Waals surface area contributed by atoms with Gasteiger partial charge in [-0.2, -0.15) is 4.31 Å². The average molecular weight is 493 g/mol. The normalized spacial score (nSPS) is 15.7. The molecule has 0 unspecified atom stereocenters. The molecule has 0 saturated heterocycles. The molecule has 0 spiro atoms. The highest BCUT2D eigenvalue weighted by Gasteiger charge is 2.33. The third-order valence-corrected chi connectivity index (χ3v) is 9.18. The molecule has 35 heavy (non-hydrogen) atoms. The van der Waals surface area contributed by atoms with Crippen LogP contribution in [0.4, 0.5) is 5.69 Å². The summed E-state index contributed by atoms with van der Waals surface area (Å²) in [6.45, 7) is 5.92. The summed E-state index contributed by atoms with van der Waals surface area (Å²) >= 11 is 0. The Balaban J connectivity index is 1.51. The van der Waals surface area contributed by atoms with Gasteiger partial charge in [-0.1, -0.05) is 50.6 Å². The van der Waals surface area contributed by atoms with Crippen molar-refractivity contribution in [2.24, 2.45) is 0 Å². The van der Waals surface area contributed by atoms with Crippen molar-refractivity contribution in [1.82, 2.24) is 13.9 Å². The number of hydrogen-bond donors (Lipinski definition) is 0. The Morgan fingerprint density at radius 3 is 2.49 bits per heavy atom. The lowest BCUT2D eigenvalue weighted by atomic mass is 10.1. The predicted molar refractivity (Wildman–Crippen MR) is 137 cm³/mol. The van der Waals surface area contributed by atoms with Crippen LogP contribution < -0.4 is 4.90 Å². The van der Waals surface area contributed by atoms with Gasteiger partial charge in [-0.05, 0) is 49.4 Å². The van der Waals surface area contributed by atoms with Crippen molar-refractivity contribution >= 4 is 21.6 Å². The van der Waals surface area contributed by atoms with Crippen LogP contribution in [0.25, 0.3) is 11.4 Å². The second-order valence-electron chi connectivity index (χ2n) is 9.15. The molecular formula is C27H32N4O3S. The van der Waals surface area contributed by atoms with Gasteiger partial charge >= 0.3 is 0 Å². The maximum absolute atomic E-state index is 13.8. The van der Waals surface area contributed by atoms with Crippen LogP contribution in [-0.2, 0) is 29.4 Å². The van der Waals surface area contributed by atoms with Gasteiger partial charge in [0.05, 0.1) is 10.6 Å². The number of rotatable bonds is 6. The van der Waals surface area contributed by atoms with Gasteiger partial charge in [0.15, 0.2) is 5.69 Å². The van der Waals surface area contributed by atoms with E-state index < -0.39 is 10.0 Å². The maximum atomic E-state index is 13.8. The largest absolute Gasteiger partial charge is 0.327 e. The fraction of sp³-hybridized carbons (Fsp3) is 0.407. The van der Waals surface area contributed by atoms with E-state index in [1.807, 2.05) is 44.2 Å². The quantitative estimate of drug-likeness (QED) is 0.507. The zero-order valence-corrected chi connectivity index (χ0v) is 21.2. The van der Waals surface area contributed by atoms with Crippen LogP contribution in [0.15, 0.2) is 53.4 Å². The number of aromatic nitrogens is 2. The Bertz CT molecular complexity index is 1340. The standard InChI is InChI=1S/C27H32N4O3S/c1-3-29(4-2)35(33,34)22-14-15-23-21(19-22)16-18-31(23)27(32)25-24-13-9-6-10-17-30(24)26(28-25)20-11-7-5-8-12-20/h5,7-8,11-12,14-15,19H,3-4,6,9-10,13,16-18H2,1-2H3. The topological polar surface area (TPSA) is 75.5 Å². The third-order valence-electron chi connectivity index (χ3n) is 7.14. The van der Waals surface area contributed by atoms with Crippen molar-refractivity contribution in [3.05, 3.63) is 65.5 Å². The SMILES string of the molecule is CCN(CC)S(=O)(=O)c1ccc2c(c1)CCN2C(=O)c1nc(-c2ccccc2)n2c1CCCCC2. The highest BCUT2D eigenvalue weighted by atomic mass is 32.2. The Kier molecular flexibility index (Phi) is 6.51. The van der Waals surface area contributed by atoms with Crippen LogP contribution >= 0.6 is 0 Å². The van der Waals surface area contributed by atoms with Gasteiger partial charge < -0.3 is 9.47 Å². The number of nitrogens with zero attached hydrogens (tertiary/aromatic N) is 4. The van der Waals surface area contributed by atoms with E-state index in [2.05, 4.69) is 4.57 Å². The third kappa shape index (κ3) is 4.19. The molecule has 3 aromatic rings. The van der Waals surface area contributed by atoms with Gasteiger partial charge in [0.1, 0.15) is 5.82 Å². The average Bonchev–Trinajstić information content (AvgIpc) is 3.37. The Labute approximate surface area is 207 Å². The Morgan fingerprint density at radius 1 is 0.971 bits per heavy atom. The van der Waals surface area contributed by atoms with E-state index in [0.717, 1.165) is 60.6 Å². The minimum absolute atomic E-state index is 0.101. The molecule has 2 aliphatic rings. The molecule has 0 aliphatic carbocycles. The summed E-state index contributed by atoms with van der Waals surface area (Å²) in [7, 11) is -3.54. The predicted octanol–water partition coefficient (Wildman–Crippen LogP) is 4.51. The lowest BCUT2D eigenvalue weighted by molar-refractivity contribution is 0.0984. The number of carbonyl (C=O) groups is 1. The molecule has 0 saturated carbocycles. The molecule has 2 aliphatic heterocycles. The van der Waals surface area contributed by atoms with Gasteiger partial charge in [0, 0.05) is 37.4 Å². The summed E-state index contributed by atoms with van der Waals surface area (Å²) in [5.74, 6) is 0.752. The van der Waals surface area contributed by atoms with E-state index in [1.54, 1.807) is 23.1 Å². The number of benzene rings is 2. The lowest BCUT2D eigenvalue weighted by Gasteiger charge is -2.20. The maximum Gasteiger partial charge on any atom is 0.278 e. The van der Waals surface area contributed by atoms with E-state index in [1.165, 1.54) is 4.31 Å². The van der Waals surface area contributed by atoms with Gasteiger partial charge in [-0.15, -0.1) is 0 Å². The molecule has 1 amide bonds. The number of carbonyl (C=O) groups excluding carboxylic acids is 1. The van der Waals surface area contributed by atoms with Crippen molar-refractivity contribution in [3.8, 4) is 11.4 Å². The molecule has 0 bridgehead atoms. The zero-order chi connectivity index (χ0) is 24.6. The summed E-state index contributed by atoms with van der Waals surface area (Å²) in [6, 6.07) is 15.2. The minimum atomic E-state index is -3.54. The van der Waals surface area contributed by atoms with Crippen molar-refractivity contribution in [1.29, 1.82) is 0 Å². The molecule has 3 heterocycles. The van der Waals surface area contributed by atoms with Crippen LogP contribution in [0, 0.1) is 0 Å². The van der Waals surface area contributed by atoms with Crippen LogP contribution in [0.3, 0.4) is 0 Å². The molecule has 8 heteroatoms. The van der Waals surface area contributed by atoms with Crippen LogP contribution in [0.1, 0.15) is 54.9 Å². The fourth-order valence-electron chi connectivity index (χ4n) is 5.29. The van der Waals surface area contributed by atoms with Gasteiger partial charge in [-0.25, -0.2) is 13.4 Å². The van der Waals surface area contributed by atoms with Crippen molar-refractivity contribution in [2.75, 3.05) is 24.5 Å². The van der Waals surface area contributed by atoms with Crippen molar-refractivity contribution in [3.63, 3.8) is 0 Å². The van der Waals surface area contributed by atoms with Crippen molar-refractivity contribution in [2.45, 2.75) is 57.4 Å². The first-order valence-corrected chi connectivity index (χ1v) is 14.0. The Hall–Kier alpha value is -2.97. The van der Waals surface area contributed by atoms with Crippen LogP contribution in [0.2, 0.25) is 0 Å². The first-order valence-electron chi connectivity index (χ1n) is 12.6. The van der Waals surface area contributed by atoms with Crippen LogP contribution in [0.5, 0.6) is 0 Å². The molecule has 0 N–H and O–H groups in total. The first kappa shape index (κ1) is 23.8. The summed E-state index contributed by atoms with van der Waals surface area (Å²) in [4.78, 5) is 20.8. The second-order valence-corrected chi connectivity index (χ2v) is 11.1. The lowest BCUT2D eigenvalue weighted by Crippen LogP contribution is -2.31.